The van der Waals surface area contributed by atoms with Gasteiger partial charge in [0.2, 0.25) is 0 Å². The van der Waals surface area contributed by atoms with Crippen molar-refractivity contribution >= 4 is 29.7 Å². The van der Waals surface area contributed by atoms with Gasteiger partial charge in [-0.05, 0) is 0 Å². The summed E-state index contributed by atoms with van der Waals surface area (Å²) in [5.41, 5.74) is -4.28. The van der Waals surface area contributed by atoms with Gasteiger partial charge in [-0.15, -0.1) is 0 Å². The van der Waals surface area contributed by atoms with Crippen LogP contribution in [0.3, 0.4) is 0 Å². The van der Waals surface area contributed by atoms with E-state index >= 15 is 0 Å². The van der Waals surface area contributed by atoms with Crippen LogP contribution in [0.4, 0.5) is 13.2 Å². The fraction of sp³-hybridized carbons (Fsp3) is 0.316. The first-order valence-electron chi connectivity index (χ1n) is 8.09. The molecule has 1 atom stereocenters. The van der Waals surface area contributed by atoms with Crippen LogP contribution >= 0.6 is 0 Å². The number of halogens is 3. The minimum atomic E-state index is -6.09. The smallest absolute Gasteiger partial charge is 0.485 e. The van der Waals surface area contributed by atoms with Gasteiger partial charge < -0.3 is 4.55 Å². The number of hydrogen-bond donors (Lipinski definition) is 0. The maximum atomic E-state index is 10.7. The van der Waals surface area contributed by atoms with E-state index < -0.39 is 15.6 Å². The van der Waals surface area contributed by atoms with Gasteiger partial charge in [-0.25, -0.2) is 8.42 Å². The molecule has 1 aromatic carbocycles. The Hall–Kier alpha value is -1.67. The van der Waals surface area contributed by atoms with Crippen LogP contribution < -0.4 is 0 Å². The molecule has 0 aliphatic heterocycles. The molecule has 0 N–H and O–H groups in total. The third-order valence-corrected chi connectivity index (χ3v) is 5.99. The summed E-state index contributed by atoms with van der Waals surface area (Å²) in [6.07, 6.45) is 6.92. The summed E-state index contributed by atoms with van der Waals surface area (Å²) in [5, 5.41) is 0. The van der Waals surface area contributed by atoms with E-state index in [0.717, 1.165) is 19.5 Å². The number of benzene rings is 1. The molecule has 28 heavy (non-hydrogen) atoms. The van der Waals surface area contributed by atoms with Crippen LogP contribution in [0.1, 0.15) is 17.9 Å². The van der Waals surface area contributed by atoms with Gasteiger partial charge in [-0.2, -0.15) is 13.2 Å². The quantitative estimate of drug-likeness (QED) is 0.134. The molecule has 0 fully saturated rings. The molecule has 0 heterocycles. The van der Waals surface area contributed by atoms with Crippen molar-refractivity contribution in [3.8, 4) is 0 Å². The molecule has 0 aliphatic rings. The van der Waals surface area contributed by atoms with Gasteiger partial charge in [-0.1, -0.05) is 0 Å². The molecule has 0 bridgehead atoms. The van der Waals surface area contributed by atoms with Gasteiger partial charge in [0.05, 0.1) is 0 Å². The molecule has 9 heteroatoms. The molecule has 0 spiro atoms. The minimum Gasteiger partial charge on any atom is -0.741 e. The standard InChI is InChI=1S/C18H24NSe.CHF3O3S/c1-5-11-17(16-12-9-8-10-13-16)18(20-4)19(14-6-2)15-7-3;2-1(3,4)8(5,6)7/h5-10,12-13,17H,1-3,11,14-15H2,4H3;(H,5,6,7)/q+1;/p-1. The number of rotatable bonds is 9. The van der Waals surface area contributed by atoms with Crippen molar-refractivity contribution < 1.29 is 30.7 Å². The van der Waals surface area contributed by atoms with Crippen LogP contribution in [0.25, 0.3) is 0 Å². The summed E-state index contributed by atoms with van der Waals surface area (Å²) in [4.78, 5) is 0. The second-order valence-corrected chi connectivity index (χ2v) is 8.52. The molecule has 1 aromatic rings. The maximum absolute atomic E-state index is 10.7. The van der Waals surface area contributed by atoms with Crippen molar-refractivity contribution in [2.24, 2.45) is 0 Å². The summed E-state index contributed by atoms with van der Waals surface area (Å²) in [6.45, 7) is 13.4. The van der Waals surface area contributed by atoms with Crippen molar-refractivity contribution in [1.29, 1.82) is 0 Å². The summed E-state index contributed by atoms with van der Waals surface area (Å²) in [6, 6.07) is 10.7. The largest absolute Gasteiger partial charge is 0.741 e. The number of nitrogens with zero attached hydrogens (tertiary/aromatic N) is 1. The fourth-order valence-corrected chi connectivity index (χ4v) is 4.23. The topological polar surface area (TPSA) is 60.2 Å². The average Bonchev–Trinajstić information content (AvgIpc) is 2.61. The van der Waals surface area contributed by atoms with Gasteiger partial charge >= 0.3 is 135 Å². The van der Waals surface area contributed by atoms with Gasteiger partial charge in [0, 0.05) is 0 Å². The zero-order valence-corrected chi connectivity index (χ0v) is 18.1. The Kier molecular flexibility index (Phi) is 12.0. The molecule has 4 nitrogen and oxygen atoms in total. The average molecular weight is 482 g/mol. The first-order chi connectivity index (χ1) is 13.0. The Morgan fingerprint density at radius 3 is 1.93 bits per heavy atom. The van der Waals surface area contributed by atoms with Crippen LogP contribution in [0.5, 0.6) is 0 Å². The Labute approximate surface area is 171 Å². The van der Waals surface area contributed by atoms with E-state index in [1.807, 2.05) is 18.2 Å². The maximum Gasteiger partial charge on any atom is 0.485 e. The third-order valence-electron chi connectivity index (χ3n) is 3.41. The van der Waals surface area contributed by atoms with Crippen LogP contribution in [0, 0.1) is 0 Å². The van der Waals surface area contributed by atoms with Gasteiger partial charge in [0.1, 0.15) is 0 Å². The molecule has 156 valence electrons. The molecule has 0 saturated carbocycles. The Morgan fingerprint density at radius 1 is 1.14 bits per heavy atom. The number of hydrogen-bond acceptors (Lipinski definition) is 3. The molecule has 0 saturated heterocycles. The van der Waals surface area contributed by atoms with Crippen molar-refractivity contribution in [1.82, 2.24) is 0 Å². The Morgan fingerprint density at radius 2 is 1.61 bits per heavy atom. The van der Waals surface area contributed by atoms with E-state index in [2.05, 4.69) is 60.5 Å². The third kappa shape index (κ3) is 9.01. The zero-order valence-electron chi connectivity index (χ0n) is 15.6. The van der Waals surface area contributed by atoms with E-state index in [1.54, 1.807) is 0 Å². The molecule has 0 aromatic heterocycles. The first kappa shape index (κ1) is 26.3. The normalized spacial score (nSPS) is 12.2. The minimum absolute atomic E-state index is 0.415. The van der Waals surface area contributed by atoms with E-state index in [1.165, 1.54) is 10.2 Å². The number of alkyl halides is 3. The van der Waals surface area contributed by atoms with Crippen LogP contribution in [0.15, 0.2) is 68.3 Å². The van der Waals surface area contributed by atoms with Gasteiger partial charge in [0.15, 0.2) is 10.1 Å². The predicted molar refractivity (Wildman–Crippen MR) is 107 cm³/mol. The predicted octanol–water partition coefficient (Wildman–Crippen LogP) is 3.93. The SMILES string of the molecule is C=CCC(C([Se]C)=[N+](CC=C)CC=C)c1ccccc1.O=S(=O)([O-])C(F)(F)F. The van der Waals surface area contributed by atoms with Crippen molar-refractivity contribution in [2.45, 2.75) is 23.7 Å². The monoisotopic (exact) mass is 483 g/mol. The molecular weight excluding hydrogens is 458 g/mol. The number of allylic oxidation sites excluding steroid dienone is 1. The zero-order chi connectivity index (χ0) is 21.8. The Bertz CT molecular complexity index is 763. The summed E-state index contributed by atoms with van der Waals surface area (Å²) in [5.74, 6) is 2.69. The van der Waals surface area contributed by atoms with E-state index in [4.69, 9.17) is 13.0 Å². The van der Waals surface area contributed by atoms with Crippen LogP contribution in [-0.2, 0) is 10.1 Å². The molecule has 0 radical (unpaired) electrons. The summed E-state index contributed by atoms with van der Waals surface area (Å²) >= 11 is 0.440. The van der Waals surface area contributed by atoms with Gasteiger partial charge in [0.25, 0.3) is 0 Å². The van der Waals surface area contributed by atoms with Crippen molar-refractivity contribution in [3.63, 3.8) is 0 Å². The summed E-state index contributed by atoms with van der Waals surface area (Å²) in [7, 11) is -6.09. The van der Waals surface area contributed by atoms with Gasteiger partial charge in [-0.3, -0.25) is 0 Å². The molecule has 0 amide bonds. The molecule has 0 aliphatic carbocycles. The first-order valence-corrected chi connectivity index (χ1v) is 12.1. The van der Waals surface area contributed by atoms with E-state index in [-0.39, 0.29) is 0 Å². The second kappa shape index (κ2) is 12.7. The Balaban J connectivity index is 0.000000769. The fourth-order valence-electron chi connectivity index (χ4n) is 2.29. The van der Waals surface area contributed by atoms with Crippen LogP contribution in [-0.4, -0.2) is 55.7 Å². The van der Waals surface area contributed by atoms with E-state index in [0.29, 0.717) is 20.9 Å². The van der Waals surface area contributed by atoms with E-state index in [9.17, 15) is 13.2 Å². The molecule has 1 unspecified atom stereocenters. The summed E-state index contributed by atoms with van der Waals surface area (Å²) < 4.78 is 62.8. The molecule has 1 rings (SSSR count). The molecular formula is C19H24F3NO3SSe. The van der Waals surface area contributed by atoms with Crippen LogP contribution in [0.2, 0.25) is 5.82 Å². The van der Waals surface area contributed by atoms with Crippen molar-refractivity contribution in [3.05, 3.63) is 73.9 Å². The second-order valence-electron chi connectivity index (χ2n) is 5.41. The van der Waals surface area contributed by atoms with Crippen molar-refractivity contribution in [2.75, 3.05) is 13.1 Å².